The summed E-state index contributed by atoms with van der Waals surface area (Å²) in [5.74, 6) is 0.991. The summed E-state index contributed by atoms with van der Waals surface area (Å²) in [6.45, 7) is 5.13. The smallest absolute Gasteiger partial charge is 0.201 e. The number of imidazole rings is 1. The second kappa shape index (κ2) is 5.00. The Morgan fingerprint density at radius 1 is 1.15 bits per heavy atom. The van der Waals surface area contributed by atoms with Crippen LogP contribution in [0.3, 0.4) is 0 Å². The minimum absolute atomic E-state index is 0.400. The van der Waals surface area contributed by atoms with Gasteiger partial charge in [0, 0.05) is 6.54 Å². The van der Waals surface area contributed by atoms with Gasteiger partial charge in [-0.25, -0.2) is 4.98 Å². The molecule has 0 spiro atoms. The minimum Gasteiger partial charge on any atom is -0.369 e. The van der Waals surface area contributed by atoms with Crippen molar-refractivity contribution >= 4 is 17.0 Å². The first-order valence-electron chi connectivity index (χ1n) is 6.92. The Balaban J connectivity index is 1.97. The Morgan fingerprint density at radius 3 is 2.65 bits per heavy atom. The van der Waals surface area contributed by atoms with Gasteiger partial charge in [-0.3, -0.25) is 0 Å². The van der Waals surface area contributed by atoms with Crippen LogP contribution in [-0.2, 0) is 6.54 Å². The van der Waals surface area contributed by atoms with Gasteiger partial charge in [-0.1, -0.05) is 43.3 Å². The van der Waals surface area contributed by atoms with Gasteiger partial charge in [0.05, 0.1) is 11.0 Å². The Labute approximate surface area is 119 Å². The molecule has 0 radical (unpaired) electrons. The predicted octanol–water partition coefficient (Wildman–Crippen LogP) is 3.73. The number of hydrogen-bond acceptors (Lipinski definition) is 2. The maximum Gasteiger partial charge on any atom is 0.201 e. The number of nitrogens with zero attached hydrogens (tertiary/aromatic N) is 2. The highest BCUT2D eigenvalue weighted by atomic mass is 15.2. The number of nitrogens with two attached hydrogens (primary N) is 1. The molecule has 20 heavy (non-hydrogen) atoms. The van der Waals surface area contributed by atoms with E-state index in [0.29, 0.717) is 11.9 Å². The fraction of sp³-hybridized carbons (Fsp3) is 0.235. The lowest BCUT2D eigenvalue weighted by Gasteiger charge is -2.14. The average molecular weight is 265 g/mol. The standard InChI is InChI=1S/C17H19N3/c1-12-8-9-16-15(10-12)19-17(18)20(16)11-13(2)14-6-4-3-5-7-14/h3-10,13H,11H2,1-2H3,(H2,18,19). The van der Waals surface area contributed by atoms with E-state index in [1.807, 2.05) is 6.07 Å². The third-order valence-corrected chi connectivity index (χ3v) is 3.76. The van der Waals surface area contributed by atoms with E-state index in [9.17, 15) is 0 Å². The first-order valence-corrected chi connectivity index (χ1v) is 6.92. The summed E-state index contributed by atoms with van der Waals surface area (Å²) in [5, 5.41) is 0. The van der Waals surface area contributed by atoms with Gasteiger partial charge < -0.3 is 10.3 Å². The molecule has 0 aliphatic heterocycles. The van der Waals surface area contributed by atoms with Crippen LogP contribution in [0.25, 0.3) is 11.0 Å². The number of aromatic nitrogens is 2. The molecule has 1 aromatic heterocycles. The number of nitrogen functional groups attached to an aromatic ring is 1. The van der Waals surface area contributed by atoms with Crippen molar-refractivity contribution in [2.75, 3.05) is 5.73 Å². The maximum atomic E-state index is 6.08. The lowest BCUT2D eigenvalue weighted by Crippen LogP contribution is -2.09. The molecule has 0 aliphatic rings. The van der Waals surface area contributed by atoms with Crippen molar-refractivity contribution in [3.05, 3.63) is 59.7 Å². The molecule has 0 saturated heterocycles. The molecule has 0 fully saturated rings. The fourth-order valence-electron chi connectivity index (χ4n) is 2.61. The Kier molecular flexibility index (Phi) is 3.18. The highest BCUT2D eigenvalue weighted by Crippen LogP contribution is 2.24. The van der Waals surface area contributed by atoms with Crippen LogP contribution in [0.5, 0.6) is 0 Å². The molecular weight excluding hydrogens is 246 g/mol. The van der Waals surface area contributed by atoms with E-state index in [0.717, 1.165) is 17.6 Å². The Hall–Kier alpha value is -2.29. The molecule has 3 nitrogen and oxygen atoms in total. The molecule has 0 aliphatic carbocycles. The summed E-state index contributed by atoms with van der Waals surface area (Å²) in [7, 11) is 0. The first-order chi connectivity index (χ1) is 9.65. The molecule has 3 aromatic rings. The molecule has 102 valence electrons. The number of rotatable bonds is 3. The molecule has 0 amide bonds. The second-order valence-corrected chi connectivity index (χ2v) is 5.38. The Bertz CT molecular complexity index is 729. The van der Waals surface area contributed by atoms with Crippen molar-refractivity contribution in [1.29, 1.82) is 0 Å². The van der Waals surface area contributed by atoms with Crippen molar-refractivity contribution in [3.63, 3.8) is 0 Å². The van der Waals surface area contributed by atoms with Crippen LogP contribution in [0.2, 0.25) is 0 Å². The number of fused-ring (bicyclic) bond motifs is 1. The third-order valence-electron chi connectivity index (χ3n) is 3.76. The SMILES string of the molecule is Cc1ccc2c(c1)nc(N)n2CC(C)c1ccccc1. The van der Waals surface area contributed by atoms with Gasteiger partial charge in [0.15, 0.2) is 0 Å². The van der Waals surface area contributed by atoms with Crippen LogP contribution in [0.1, 0.15) is 24.0 Å². The summed E-state index contributed by atoms with van der Waals surface area (Å²) in [6, 6.07) is 16.8. The number of benzene rings is 2. The van der Waals surface area contributed by atoms with Crippen molar-refractivity contribution < 1.29 is 0 Å². The van der Waals surface area contributed by atoms with Crippen LogP contribution >= 0.6 is 0 Å². The van der Waals surface area contributed by atoms with E-state index in [1.54, 1.807) is 0 Å². The Morgan fingerprint density at radius 2 is 1.90 bits per heavy atom. The summed E-state index contributed by atoms with van der Waals surface area (Å²) in [6.07, 6.45) is 0. The van der Waals surface area contributed by atoms with Crippen LogP contribution in [0.4, 0.5) is 5.95 Å². The van der Waals surface area contributed by atoms with Crippen molar-refractivity contribution in [2.45, 2.75) is 26.3 Å². The molecule has 0 saturated carbocycles. The van der Waals surface area contributed by atoms with Gasteiger partial charge in [-0.05, 0) is 36.1 Å². The topological polar surface area (TPSA) is 43.8 Å². The van der Waals surface area contributed by atoms with Gasteiger partial charge in [-0.15, -0.1) is 0 Å². The number of hydrogen-bond donors (Lipinski definition) is 1. The molecule has 1 heterocycles. The molecule has 2 aromatic carbocycles. The van der Waals surface area contributed by atoms with Gasteiger partial charge in [0.2, 0.25) is 5.95 Å². The van der Waals surface area contributed by atoms with E-state index < -0.39 is 0 Å². The van der Waals surface area contributed by atoms with Crippen LogP contribution in [-0.4, -0.2) is 9.55 Å². The number of aryl methyl sites for hydroxylation is 1. The van der Waals surface area contributed by atoms with Crippen LogP contribution < -0.4 is 5.73 Å². The van der Waals surface area contributed by atoms with Crippen LogP contribution in [0, 0.1) is 6.92 Å². The summed E-state index contributed by atoms with van der Waals surface area (Å²) in [5.41, 5.74) is 10.7. The lowest BCUT2D eigenvalue weighted by atomic mass is 10.0. The van der Waals surface area contributed by atoms with Gasteiger partial charge >= 0.3 is 0 Å². The maximum absolute atomic E-state index is 6.08. The molecule has 1 unspecified atom stereocenters. The third kappa shape index (κ3) is 2.27. The normalized spacial score (nSPS) is 12.7. The molecular formula is C17H19N3. The molecule has 1 atom stereocenters. The van der Waals surface area contributed by atoms with Crippen molar-refractivity contribution in [2.24, 2.45) is 0 Å². The molecule has 3 heteroatoms. The zero-order valence-corrected chi connectivity index (χ0v) is 11.9. The largest absolute Gasteiger partial charge is 0.369 e. The van der Waals surface area contributed by atoms with E-state index in [1.165, 1.54) is 11.1 Å². The minimum atomic E-state index is 0.400. The van der Waals surface area contributed by atoms with Crippen molar-refractivity contribution in [1.82, 2.24) is 9.55 Å². The summed E-state index contributed by atoms with van der Waals surface area (Å²) < 4.78 is 2.10. The second-order valence-electron chi connectivity index (χ2n) is 5.38. The van der Waals surface area contributed by atoms with E-state index >= 15 is 0 Å². The van der Waals surface area contributed by atoms with Gasteiger partial charge in [0.1, 0.15) is 0 Å². The van der Waals surface area contributed by atoms with Crippen LogP contribution in [0.15, 0.2) is 48.5 Å². The molecule has 3 rings (SSSR count). The monoisotopic (exact) mass is 265 g/mol. The zero-order chi connectivity index (χ0) is 14.1. The predicted molar refractivity (Wildman–Crippen MR) is 83.7 cm³/mol. The van der Waals surface area contributed by atoms with Gasteiger partial charge in [0.25, 0.3) is 0 Å². The first kappa shape index (κ1) is 12.7. The molecule has 2 N–H and O–H groups in total. The average Bonchev–Trinajstić information content (AvgIpc) is 2.75. The van der Waals surface area contributed by atoms with Gasteiger partial charge in [-0.2, -0.15) is 0 Å². The van der Waals surface area contributed by atoms with E-state index in [4.69, 9.17) is 5.73 Å². The summed E-state index contributed by atoms with van der Waals surface area (Å²) in [4.78, 5) is 4.46. The lowest BCUT2D eigenvalue weighted by molar-refractivity contribution is 0.617. The number of anilines is 1. The van der Waals surface area contributed by atoms with E-state index in [-0.39, 0.29) is 0 Å². The quantitative estimate of drug-likeness (QED) is 0.784. The highest BCUT2D eigenvalue weighted by Gasteiger charge is 2.12. The molecule has 0 bridgehead atoms. The summed E-state index contributed by atoms with van der Waals surface area (Å²) >= 11 is 0. The fourth-order valence-corrected chi connectivity index (χ4v) is 2.61. The highest BCUT2D eigenvalue weighted by molar-refractivity contribution is 5.79. The van der Waals surface area contributed by atoms with Crippen molar-refractivity contribution in [3.8, 4) is 0 Å². The zero-order valence-electron chi connectivity index (χ0n) is 11.9. The van der Waals surface area contributed by atoms with E-state index in [2.05, 4.69) is 65.9 Å².